The molecule has 0 saturated carbocycles. The average molecular weight is 456 g/mol. The molecule has 1 aliphatic rings. The van der Waals surface area contributed by atoms with Crippen molar-refractivity contribution in [3.8, 4) is 28.4 Å². The van der Waals surface area contributed by atoms with E-state index in [1.54, 1.807) is 11.6 Å². The summed E-state index contributed by atoms with van der Waals surface area (Å²) in [4.78, 5) is 23.1. The molecule has 7 nitrogen and oxygen atoms in total. The molecule has 1 saturated heterocycles. The smallest absolute Gasteiger partial charge is 0.275 e. The number of hydrogen-bond donors (Lipinski definition) is 3. The first-order chi connectivity index (χ1) is 16.4. The fraction of sp³-hybridized carbons (Fsp3) is 0.296. The highest BCUT2D eigenvalue weighted by Crippen LogP contribution is 2.29. The molecule has 2 aromatic carbocycles. The Hall–Kier alpha value is -3.71. The highest BCUT2D eigenvalue weighted by atomic mass is 16.3. The molecule has 0 bridgehead atoms. The van der Waals surface area contributed by atoms with E-state index in [0.717, 1.165) is 60.2 Å². The van der Waals surface area contributed by atoms with Crippen LogP contribution in [0.25, 0.3) is 33.7 Å². The quantitative estimate of drug-likeness (QED) is 0.382. The number of likely N-dealkylation sites (tertiary alicyclic amines) is 1. The van der Waals surface area contributed by atoms with Gasteiger partial charge in [-0.1, -0.05) is 17.7 Å². The van der Waals surface area contributed by atoms with Crippen LogP contribution < -0.4 is 5.56 Å². The van der Waals surface area contributed by atoms with Crippen molar-refractivity contribution >= 4 is 11.0 Å². The van der Waals surface area contributed by atoms with Crippen molar-refractivity contribution in [2.45, 2.75) is 40.2 Å². The van der Waals surface area contributed by atoms with Crippen LogP contribution in [0.3, 0.4) is 0 Å². The standard InChI is InChI=1S/C27H29N5O2/c1-4-18-7-9-32(10-8-18)15-19-5-6-22-24(13-19)29-26(28-22)21-14-23(30-31-27(21)34)20-11-16(2)25(33)17(3)12-20/h4-6,11-14,33H,7-10,15H2,1-3H3,(H,28,29)(H,31,34). The van der Waals surface area contributed by atoms with Gasteiger partial charge in [0.2, 0.25) is 0 Å². The number of piperidine rings is 1. The summed E-state index contributed by atoms with van der Waals surface area (Å²) in [6, 6.07) is 11.7. The van der Waals surface area contributed by atoms with E-state index in [1.165, 1.54) is 5.56 Å². The molecule has 0 unspecified atom stereocenters. The molecule has 2 aromatic heterocycles. The second-order valence-corrected chi connectivity index (χ2v) is 9.11. The summed E-state index contributed by atoms with van der Waals surface area (Å²) in [5.41, 5.74) is 7.60. The molecule has 4 aromatic rings. The summed E-state index contributed by atoms with van der Waals surface area (Å²) >= 11 is 0. The molecule has 0 spiro atoms. The number of allylic oxidation sites excluding steroid dienone is 1. The van der Waals surface area contributed by atoms with Crippen LogP contribution in [0.5, 0.6) is 5.75 Å². The highest BCUT2D eigenvalue weighted by molar-refractivity contribution is 5.80. The maximum Gasteiger partial charge on any atom is 0.275 e. The monoisotopic (exact) mass is 455 g/mol. The number of benzene rings is 2. The minimum atomic E-state index is -0.302. The second kappa shape index (κ2) is 8.91. The lowest BCUT2D eigenvalue weighted by molar-refractivity contribution is 0.248. The molecule has 0 radical (unpaired) electrons. The van der Waals surface area contributed by atoms with Gasteiger partial charge < -0.3 is 10.1 Å². The van der Waals surface area contributed by atoms with Crippen LogP contribution in [0, 0.1) is 13.8 Å². The summed E-state index contributed by atoms with van der Waals surface area (Å²) < 4.78 is 0. The molecule has 1 fully saturated rings. The van der Waals surface area contributed by atoms with Crippen LogP contribution in [-0.2, 0) is 6.54 Å². The second-order valence-electron chi connectivity index (χ2n) is 9.11. The fourth-order valence-electron chi connectivity index (χ4n) is 4.66. The van der Waals surface area contributed by atoms with Crippen LogP contribution in [0.15, 0.2) is 52.8 Å². The summed E-state index contributed by atoms with van der Waals surface area (Å²) in [5.74, 6) is 0.785. The van der Waals surface area contributed by atoms with Gasteiger partial charge in [-0.3, -0.25) is 9.69 Å². The number of phenolic OH excluding ortho intramolecular Hbond substituents is 1. The first-order valence-electron chi connectivity index (χ1n) is 11.7. The Morgan fingerprint density at radius 3 is 2.53 bits per heavy atom. The van der Waals surface area contributed by atoms with E-state index in [1.807, 2.05) is 32.0 Å². The average Bonchev–Trinajstić information content (AvgIpc) is 3.26. The van der Waals surface area contributed by atoms with E-state index in [9.17, 15) is 9.90 Å². The Morgan fingerprint density at radius 2 is 1.82 bits per heavy atom. The van der Waals surface area contributed by atoms with Crippen LogP contribution in [0.4, 0.5) is 0 Å². The van der Waals surface area contributed by atoms with Crippen molar-refractivity contribution in [2.24, 2.45) is 0 Å². The number of aryl methyl sites for hydroxylation is 2. The molecule has 7 heteroatoms. The van der Waals surface area contributed by atoms with Crippen LogP contribution in [-0.4, -0.2) is 43.3 Å². The zero-order valence-electron chi connectivity index (χ0n) is 19.8. The number of aromatic amines is 2. The molecular weight excluding hydrogens is 426 g/mol. The number of hydrogen-bond acceptors (Lipinski definition) is 5. The summed E-state index contributed by atoms with van der Waals surface area (Å²) in [6.07, 6.45) is 4.52. The lowest BCUT2D eigenvalue weighted by atomic mass is 10.0. The van der Waals surface area contributed by atoms with Gasteiger partial charge in [0.15, 0.2) is 0 Å². The summed E-state index contributed by atoms with van der Waals surface area (Å²) in [6.45, 7) is 8.88. The number of imidazole rings is 1. The third-order valence-electron chi connectivity index (χ3n) is 6.70. The largest absolute Gasteiger partial charge is 0.507 e. The maximum atomic E-state index is 12.6. The Morgan fingerprint density at radius 1 is 1.09 bits per heavy atom. The molecule has 1 aliphatic heterocycles. The Bertz CT molecular complexity index is 1430. The number of nitrogens with one attached hydrogen (secondary N) is 2. The van der Waals surface area contributed by atoms with E-state index >= 15 is 0 Å². The Kier molecular flexibility index (Phi) is 5.79. The van der Waals surface area contributed by atoms with Crippen molar-refractivity contribution < 1.29 is 5.11 Å². The minimum Gasteiger partial charge on any atom is -0.507 e. The topological polar surface area (TPSA) is 97.9 Å². The fourth-order valence-corrected chi connectivity index (χ4v) is 4.66. The predicted molar refractivity (Wildman–Crippen MR) is 135 cm³/mol. The van der Waals surface area contributed by atoms with Gasteiger partial charge >= 0.3 is 0 Å². The van der Waals surface area contributed by atoms with Gasteiger partial charge in [-0.15, -0.1) is 0 Å². The molecule has 3 heterocycles. The van der Waals surface area contributed by atoms with Crippen LogP contribution >= 0.6 is 0 Å². The highest BCUT2D eigenvalue weighted by Gasteiger charge is 2.16. The molecule has 34 heavy (non-hydrogen) atoms. The summed E-state index contributed by atoms with van der Waals surface area (Å²) in [7, 11) is 0. The molecule has 0 atom stereocenters. The van der Waals surface area contributed by atoms with E-state index in [-0.39, 0.29) is 11.3 Å². The molecule has 0 amide bonds. The van der Waals surface area contributed by atoms with E-state index in [4.69, 9.17) is 0 Å². The normalized spacial score (nSPS) is 14.6. The number of H-pyrrole nitrogens is 2. The van der Waals surface area contributed by atoms with E-state index in [0.29, 0.717) is 17.1 Å². The number of aromatic hydroxyl groups is 1. The lowest BCUT2D eigenvalue weighted by Gasteiger charge is -2.28. The third-order valence-corrected chi connectivity index (χ3v) is 6.70. The van der Waals surface area contributed by atoms with Gasteiger partial charge in [-0.05, 0) is 80.6 Å². The van der Waals surface area contributed by atoms with Gasteiger partial charge in [-0.2, -0.15) is 5.10 Å². The molecule has 174 valence electrons. The van der Waals surface area contributed by atoms with E-state index < -0.39 is 0 Å². The number of aromatic nitrogens is 4. The summed E-state index contributed by atoms with van der Waals surface area (Å²) in [5, 5.41) is 16.9. The van der Waals surface area contributed by atoms with Gasteiger partial charge in [0, 0.05) is 25.2 Å². The zero-order chi connectivity index (χ0) is 23.8. The zero-order valence-corrected chi connectivity index (χ0v) is 19.8. The third kappa shape index (κ3) is 4.26. The van der Waals surface area contributed by atoms with Crippen LogP contribution in [0.1, 0.15) is 36.5 Å². The van der Waals surface area contributed by atoms with Gasteiger partial charge in [0.05, 0.1) is 22.3 Å². The van der Waals surface area contributed by atoms with Crippen molar-refractivity contribution in [3.05, 3.63) is 75.1 Å². The van der Waals surface area contributed by atoms with Crippen molar-refractivity contribution in [2.75, 3.05) is 13.1 Å². The number of fused-ring (bicyclic) bond motifs is 1. The Labute approximate surface area is 198 Å². The predicted octanol–water partition coefficient (Wildman–Crippen LogP) is 4.84. The maximum absolute atomic E-state index is 12.6. The SMILES string of the molecule is CC=C1CCN(Cc2ccc3nc(-c4cc(-c5cc(C)c(O)c(C)c5)n[nH]c4=O)[nH]c3c2)CC1. The van der Waals surface area contributed by atoms with Gasteiger partial charge in [0.25, 0.3) is 5.56 Å². The Balaban J connectivity index is 1.44. The van der Waals surface area contributed by atoms with Gasteiger partial charge in [-0.25, -0.2) is 10.1 Å². The van der Waals surface area contributed by atoms with Crippen molar-refractivity contribution in [1.82, 2.24) is 25.1 Å². The molecular formula is C27H29N5O2. The minimum absolute atomic E-state index is 0.272. The first-order valence-corrected chi connectivity index (χ1v) is 11.7. The lowest BCUT2D eigenvalue weighted by Crippen LogP contribution is -2.30. The number of phenols is 1. The van der Waals surface area contributed by atoms with Crippen LogP contribution in [0.2, 0.25) is 0 Å². The number of nitrogens with zero attached hydrogens (tertiary/aromatic N) is 3. The van der Waals surface area contributed by atoms with Crippen molar-refractivity contribution in [1.29, 1.82) is 0 Å². The molecule has 5 rings (SSSR count). The molecule has 3 N–H and O–H groups in total. The molecule has 0 aliphatic carbocycles. The number of rotatable bonds is 4. The van der Waals surface area contributed by atoms with Crippen molar-refractivity contribution in [3.63, 3.8) is 0 Å². The first kappa shape index (κ1) is 22.1. The van der Waals surface area contributed by atoms with Gasteiger partial charge in [0.1, 0.15) is 11.6 Å². The van der Waals surface area contributed by atoms with E-state index in [2.05, 4.69) is 50.2 Å².